The van der Waals surface area contributed by atoms with Gasteiger partial charge in [-0.25, -0.2) is 0 Å². The smallest absolute Gasteiger partial charge is 0.311 e. The molecule has 0 radical (unpaired) electrons. The molecule has 0 spiro atoms. The summed E-state index contributed by atoms with van der Waals surface area (Å²) in [6.07, 6.45) is -1.27. The quantitative estimate of drug-likeness (QED) is 0.858. The SMILES string of the molecule is CC1CN(C)CCC1NC1CCN(CC(F)(F)F)CC1. The van der Waals surface area contributed by atoms with Crippen molar-refractivity contribution in [1.82, 2.24) is 15.1 Å². The molecule has 0 saturated carbocycles. The highest BCUT2D eigenvalue weighted by atomic mass is 19.4. The molecular formula is C14H26F3N3. The van der Waals surface area contributed by atoms with Crippen LogP contribution in [0.5, 0.6) is 0 Å². The lowest BCUT2D eigenvalue weighted by atomic mass is 9.92. The second-order valence-electron chi connectivity index (χ2n) is 6.47. The molecule has 0 bridgehead atoms. The Hall–Kier alpha value is -0.330. The second kappa shape index (κ2) is 6.62. The summed E-state index contributed by atoms with van der Waals surface area (Å²) in [5.74, 6) is 0.613. The van der Waals surface area contributed by atoms with Gasteiger partial charge in [-0.05, 0) is 51.9 Å². The number of nitrogens with one attached hydrogen (secondary N) is 1. The lowest BCUT2D eigenvalue weighted by Crippen LogP contribution is -2.53. The molecule has 0 aromatic carbocycles. The Bertz CT molecular complexity index is 301. The first-order valence-corrected chi connectivity index (χ1v) is 7.57. The Labute approximate surface area is 119 Å². The highest BCUT2D eigenvalue weighted by Crippen LogP contribution is 2.22. The molecular weight excluding hydrogens is 267 g/mol. The van der Waals surface area contributed by atoms with E-state index in [4.69, 9.17) is 0 Å². The zero-order valence-electron chi connectivity index (χ0n) is 12.4. The number of hydrogen-bond donors (Lipinski definition) is 1. The van der Waals surface area contributed by atoms with E-state index in [9.17, 15) is 13.2 Å². The zero-order chi connectivity index (χ0) is 14.8. The summed E-state index contributed by atoms with van der Waals surface area (Å²) >= 11 is 0. The molecule has 0 aliphatic carbocycles. The van der Waals surface area contributed by atoms with E-state index in [2.05, 4.69) is 24.2 Å². The number of piperidine rings is 2. The van der Waals surface area contributed by atoms with E-state index in [-0.39, 0.29) is 0 Å². The third-order valence-corrected chi connectivity index (χ3v) is 4.55. The van der Waals surface area contributed by atoms with Gasteiger partial charge in [0.15, 0.2) is 0 Å². The van der Waals surface area contributed by atoms with E-state index < -0.39 is 12.7 Å². The maximum atomic E-state index is 12.3. The number of alkyl halides is 3. The molecule has 2 atom stereocenters. The Morgan fingerprint density at radius 3 is 2.30 bits per heavy atom. The van der Waals surface area contributed by atoms with Crippen LogP contribution in [0.2, 0.25) is 0 Å². The highest BCUT2D eigenvalue weighted by Gasteiger charge is 2.33. The van der Waals surface area contributed by atoms with Crippen molar-refractivity contribution in [2.24, 2.45) is 5.92 Å². The number of hydrogen-bond acceptors (Lipinski definition) is 3. The molecule has 2 unspecified atom stereocenters. The van der Waals surface area contributed by atoms with Gasteiger partial charge in [-0.1, -0.05) is 6.92 Å². The minimum atomic E-state index is -4.07. The van der Waals surface area contributed by atoms with Crippen molar-refractivity contribution in [1.29, 1.82) is 0 Å². The van der Waals surface area contributed by atoms with Crippen LogP contribution in [0.15, 0.2) is 0 Å². The fraction of sp³-hybridized carbons (Fsp3) is 1.00. The fourth-order valence-corrected chi connectivity index (χ4v) is 3.42. The first-order chi connectivity index (χ1) is 9.33. The normalized spacial score (nSPS) is 31.6. The molecule has 118 valence electrons. The van der Waals surface area contributed by atoms with Crippen LogP contribution in [0.25, 0.3) is 0 Å². The molecule has 0 aromatic heterocycles. The van der Waals surface area contributed by atoms with Crippen molar-refractivity contribution >= 4 is 0 Å². The summed E-state index contributed by atoms with van der Waals surface area (Å²) in [6.45, 7) is 4.81. The van der Waals surface area contributed by atoms with Crippen molar-refractivity contribution in [3.05, 3.63) is 0 Å². The molecule has 2 rings (SSSR count). The summed E-state index contributed by atoms with van der Waals surface area (Å²) in [6, 6.07) is 0.903. The standard InChI is InChI=1S/C14H26F3N3/c1-11-9-19(2)6-5-13(11)18-12-3-7-20(8-4-12)10-14(15,16)17/h11-13,18H,3-10H2,1-2H3. The van der Waals surface area contributed by atoms with E-state index in [1.807, 2.05) is 0 Å². The molecule has 6 heteroatoms. The molecule has 20 heavy (non-hydrogen) atoms. The minimum Gasteiger partial charge on any atom is -0.311 e. The topological polar surface area (TPSA) is 18.5 Å². The van der Waals surface area contributed by atoms with Crippen LogP contribution in [0.1, 0.15) is 26.2 Å². The number of halogens is 3. The molecule has 3 nitrogen and oxygen atoms in total. The summed E-state index contributed by atoms with van der Waals surface area (Å²) in [4.78, 5) is 3.87. The Morgan fingerprint density at radius 1 is 1.10 bits per heavy atom. The van der Waals surface area contributed by atoms with E-state index in [1.165, 1.54) is 4.90 Å². The third-order valence-electron chi connectivity index (χ3n) is 4.55. The highest BCUT2D eigenvalue weighted by molar-refractivity contribution is 4.87. The van der Waals surface area contributed by atoms with Gasteiger partial charge in [0, 0.05) is 18.6 Å². The molecule has 0 amide bonds. The van der Waals surface area contributed by atoms with Crippen molar-refractivity contribution in [3.8, 4) is 0 Å². The average Bonchev–Trinajstić information content (AvgIpc) is 2.33. The van der Waals surface area contributed by atoms with Gasteiger partial charge in [-0.3, -0.25) is 4.90 Å². The third kappa shape index (κ3) is 4.90. The van der Waals surface area contributed by atoms with Crippen LogP contribution in [-0.4, -0.2) is 67.8 Å². The Balaban J connectivity index is 1.72. The van der Waals surface area contributed by atoms with Crippen LogP contribution < -0.4 is 5.32 Å². The molecule has 2 heterocycles. The van der Waals surface area contributed by atoms with Gasteiger partial charge < -0.3 is 10.2 Å². The summed E-state index contributed by atoms with van der Waals surface area (Å²) in [5, 5.41) is 3.68. The van der Waals surface area contributed by atoms with E-state index >= 15 is 0 Å². The van der Waals surface area contributed by atoms with Gasteiger partial charge in [0.2, 0.25) is 0 Å². The van der Waals surface area contributed by atoms with E-state index in [0.29, 0.717) is 31.1 Å². The predicted octanol–water partition coefficient (Wildman–Crippen LogP) is 1.94. The maximum Gasteiger partial charge on any atom is 0.401 e. The fourth-order valence-electron chi connectivity index (χ4n) is 3.42. The molecule has 1 N–H and O–H groups in total. The van der Waals surface area contributed by atoms with Gasteiger partial charge in [-0.15, -0.1) is 0 Å². The first-order valence-electron chi connectivity index (χ1n) is 7.57. The van der Waals surface area contributed by atoms with Crippen LogP contribution in [0.3, 0.4) is 0 Å². The van der Waals surface area contributed by atoms with E-state index in [1.54, 1.807) is 0 Å². The van der Waals surface area contributed by atoms with Crippen LogP contribution >= 0.6 is 0 Å². The number of likely N-dealkylation sites (tertiary alicyclic amines) is 2. The number of rotatable bonds is 3. The maximum absolute atomic E-state index is 12.3. The van der Waals surface area contributed by atoms with Crippen molar-refractivity contribution in [2.45, 2.75) is 44.4 Å². The van der Waals surface area contributed by atoms with Gasteiger partial charge in [0.05, 0.1) is 6.54 Å². The molecule has 2 fully saturated rings. The van der Waals surface area contributed by atoms with Gasteiger partial charge in [0.1, 0.15) is 0 Å². The molecule has 2 aliphatic heterocycles. The Morgan fingerprint density at radius 2 is 1.75 bits per heavy atom. The molecule has 2 saturated heterocycles. The average molecular weight is 293 g/mol. The molecule has 0 aromatic rings. The zero-order valence-corrected chi connectivity index (χ0v) is 12.4. The monoisotopic (exact) mass is 293 g/mol. The van der Waals surface area contributed by atoms with Crippen molar-refractivity contribution in [3.63, 3.8) is 0 Å². The van der Waals surface area contributed by atoms with E-state index in [0.717, 1.165) is 32.4 Å². The first kappa shape index (κ1) is 16.0. The van der Waals surface area contributed by atoms with Crippen LogP contribution in [-0.2, 0) is 0 Å². The van der Waals surface area contributed by atoms with Gasteiger partial charge >= 0.3 is 6.18 Å². The van der Waals surface area contributed by atoms with Crippen LogP contribution in [0, 0.1) is 5.92 Å². The van der Waals surface area contributed by atoms with Crippen molar-refractivity contribution in [2.75, 3.05) is 39.8 Å². The lowest BCUT2D eigenvalue weighted by Gasteiger charge is -2.40. The van der Waals surface area contributed by atoms with Gasteiger partial charge in [0.25, 0.3) is 0 Å². The number of nitrogens with zero attached hydrogens (tertiary/aromatic N) is 2. The van der Waals surface area contributed by atoms with Crippen LogP contribution in [0.4, 0.5) is 13.2 Å². The Kier molecular flexibility index (Phi) is 5.31. The summed E-state index contributed by atoms with van der Waals surface area (Å²) in [5.41, 5.74) is 0. The second-order valence-corrected chi connectivity index (χ2v) is 6.47. The minimum absolute atomic E-state index is 0.385. The summed E-state index contributed by atoms with van der Waals surface area (Å²) < 4.78 is 37.0. The lowest BCUT2D eigenvalue weighted by molar-refractivity contribution is -0.148. The predicted molar refractivity (Wildman–Crippen MR) is 73.7 cm³/mol. The summed E-state index contributed by atoms with van der Waals surface area (Å²) in [7, 11) is 2.14. The van der Waals surface area contributed by atoms with Gasteiger partial charge in [-0.2, -0.15) is 13.2 Å². The molecule has 2 aliphatic rings. The largest absolute Gasteiger partial charge is 0.401 e. The van der Waals surface area contributed by atoms with Crippen molar-refractivity contribution < 1.29 is 13.2 Å².